The highest BCUT2D eigenvalue weighted by Crippen LogP contribution is 2.13. The summed E-state index contributed by atoms with van der Waals surface area (Å²) in [6, 6.07) is 1.94. The number of aromatic nitrogens is 2. The van der Waals surface area contributed by atoms with Gasteiger partial charge < -0.3 is 10.5 Å². The zero-order valence-electron chi connectivity index (χ0n) is 9.16. The van der Waals surface area contributed by atoms with Gasteiger partial charge in [0.1, 0.15) is 0 Å². The van der Waals surface area contributed by atoms with Gasteiger partial charge in [0.25, 0.3) is 0 Å². The Morgan fingerprint density at radius 3 is 2.79 bits per heavy atom. The SMILES string of the molecule is COC(C)(C)CCn1ccc(CN)n1. The smallest absolute Gasteiger partial charge is 0.0760 e. The average Bonchev–Trinajstić information content (AvgIpc) is 2.63. The molecule has 0 saturated carbocycles. The molecule has 4 heteroatoms. The van der Waals surface area contributed by atoms with Gasteiger partial charge in [0.15, 0.2) is 0 Å². The van der Waals surface area contributed by atoms with Gasteiger partial charge >= 0.3 is 0 Å². The Labute approximate surface area is 85.0 Å². The minimum Gasteiger partial charge on any atom is -0.379 e. The molecule has 80 valence electrons. The molecule has 0 saturated heterocycles. The molecule has 0 fully saturated rings. The molecule has 0 aliphatic carbocycles. The minimum absolute atomic E-state index is 0.0885. The second-order valence-electron chi connectivity index (χ2n) is 3.99. The molecule has 1 aromatic heterocycles. The van der Waals surface area contributed by atoms with Crippen molar-refractivity contribution >= 4 is 0 Å². The Morgan fingerprint density at radius 2 is 2.29 bits per heavy atom. The lowest BCUT2D eigenvalue weighted by atomic mass is 10.1. The molecule has 1 heterocycles. The maximum Gasteiger partial charge on any atom is 0.0760 e. The Bertz CT molecular complexity index is 281. The van der Waals surface area contributed by atoms with E-state index in [-0.39, 0.29) is 5.60 Å². The highest BCUT2D eigenvalue weighted by atomic mass is 16.5. The summed E-state index contributed by atoms with van der Waals surface area (Å²) in [6.45, 7) is 5.50. The highest BCUT2D eigenvalue weighted by molar-refractivity contribution is 4.97. The van der Waals surface area contributed by atoms with Crippen LogP contribution in [0.4, 0.5) is 0 Å². The van der Waals surface area contributed by atoms with Crippen LogP contribution in [0.3, 0.4) is 0 Å². The van der Waals surface area contributed by atoms with Crippen LogP contribution in [0.2, 0.25) is 0 Å². The van der Waals surface area contributed by atoms with Crippen LogP contribution in [0.15, 0.2) is 12.3 Å². The van der Waals surface area contributed by atoms with Crippen molar-refractivity contribution in [2.45, 2.75) is 39.0 Å². The van der Waals surface area contributed by atoms with Crippen LogP contribution < -0.4 is 5.73 Å². The second kappa shape index (κ2) is 4.57. The van der Waals surface area contributed by atoms with Crippen LogP contribution in [0.25, 0.3) is 0 Å². The fourth-order valence-electron chi connectivity index (χ4n) is 1.12. The quantitative estimate of drug-likeness (QED) is 0.770. The monoisotopic (exact) mass is 197 g/mol. The lowest BCUT2D eigenvalue weighted by molar-refractivity contribution is 0.0113. The molecule has 0 aliphatic rings. The number of rotatable bonds is 5. The standard InChI is InChI=1S/C10H19N3O/c1-10(2,14-3)5-7-13-6-4-9(8-11)12-13/h4,6H,5,7-8,11H2,1-3H3. The van der Waals surface area contributed by atoms with Crippen molar-refractivity contribution < 1.29 is 4.74 Å². The van der Waals surface area contributed by atoms with Crippen LogP contribution in [0, 0.1) is 0 Å². The van der Waals surface area contributed by atoms with Gasteiger partial charge in [-0.15, -0.1) is 0 Å². The third-order valence-electron chi connectivity index (χ3n) is 2.40. The van der Waals surface area contributed by atoms with Crippen molar-refractivity contribution in [2.24, 2.45) is 5.73 Å². The third-order valence-corrected chi connectivity index (χ3v) is 2.40. The summed E-state index contributed by atoms with van der Waals surface area (Å²) in [4.78, 5) is 0. The predicted molar refractivity (Wildman–Crippen MR) is 55.8 cm³/mol. The summed E-state index contributed by atoms with van der Waals surface area (Å²) in [5.41, 5.74) is 6.31. The van der Waals surface area contributed by atoms with Crippen molar-refractivity contribution in [3.63, 3.8) is 0 Å². The fourth-order valence-corrected chi connectivity index (χ4v) is 1.12. The predicted octanol–water partition coefficient (Wildman–Crippen LogP) is 1.16. The summed E-state index contributed by atoms with van der Waals surface area (Å²) in [5, 5.41) is 4.30. The highest BCUT2D eigenvalue weighted by Gasteiger charge is 2.15. The van der Waals surface area contributed by atoms with Crippen LogP contribution >= 0.6 is 0 Å². The molecule has 0 atom stereocenters. The van der Waals surface area contributed by atoms with Crippen molar-refractivity contribution in [2.75, 3.05) is 7.11 Å². The van der Waals surface area contributed by atoms with Gasteiger partial charge in [0.2, 0.25) is 0 Å². The first kappa shape index (κ1) is 11.2. The van der Waals surface area contributed by atoms with Gasteiger partial charge in [-0.2, -0.15) is 5.10 Å². The molecule has 1 rings (SSSR count). The maximum absolute atomic E-state index is 5.47. The van der Waals surface area contributed by atoms with Crippen molar-refractivity contribution in [3.05, 3.63) is 18.0 Å². The fraction of sp³-hybridized carbons (Fsp3) is 0.700. The van der Waals surface area contributed by atoms with Gasteiger partial charge in [0, 0.05) is 26.4 Å². The van der Waals surface area contributed by atoms with Crippen molar-refractivity contribution in [1.82, 2.24) is 9.78 Å². The summed E-state index contributed by atoms with van der Waals surface area (Å²) in [6.07, 6.45) is 2.89. The van der Waals surface area contributed by atoms with Gasteiger partial charge in [-0.1, -0.05) is 0 Å². The molecular formula is C10H19N3O. The molecule has 0 unspecified atom stereocenters. The molecule has 4 nitrogen and oxygen atoms in total. The van der Waals surface area contributed by atoms with E-state index >= 15 is 0 Å². The number of nitrogens with zero attached hydrogens (tertiary/aromatic N) is 2. The summed E-state index contributed by atoms with van der Waals surface area (Å²) >= 11 is 0. The van der Waals surface area contributed by atoms with Crippen molar-refractivity contribution in [3.8, 4) is 0 Å². The lowest BCUT2D eigenvalue weighted by Gasteiger charge is -2.22. The molecule has 0 spiro atoms. The Hall–Kier alpha value is -0.870. The summed E-state index contributed by atoms with van der Waals surface area (Å²) in [5.74, 6) is 0. The molecule has 0 bridgehead atoms. The van der Waals surface area contributed by atoms with Crippen LogP contribution in [0.1, 0.15) is 26.0 Å². The molecule has 0 radical (unpaired) electrons. The molecule has 0 amide bonds. The normalized spacial score (nSPS) is 12.0. The third kappa shape index (κ3) is 3.12. The maximum atomic E-state index is 5.47. The summed E-state index contributed by atoms with van der Waals surface area (Å²) in [7, 11) is 1.73. The van der Waals surface area contributed by atoms with Crippen LogP contribution in [-0.2, 0) is 17.8 Å². The second-order valence-corrected chi connectivity index (χ2v) is 3.99. The molecule has 2 N–H and O–H groups in total. The number of hydrogen-bond donors (Lipinski definition) is 1. The molecule has 0 aliphatic heterocycles. The lowest BCUT2D eigenvalue weighted by Crippen LogP contribution is -2.24. The van der Waals surface area contributed by atoms with Gasteiger partial charge in [-0.05, 0) is 26.3 Å². The number of hydrogen-bond acceptors (Lipinski definition) is 3. The Kier molecular flexibility index (Phi) is 3.66. The van der Waals surface area contributed by atoms with E-state index in [9.17, 15) is 0 Å². The first-order valence-electron chi connectivity index (χ1n) is 4.85. The molecule has 14 heavy (non-hydrogen) atoms. The topological polar surface area (TPSA) is 53.1 Å². The number of ether oxygens (including phenoxy) is 1. The van der Waals surface area contributed by atoms with E-state index in [0.29, 0.717) is 6.54 Å². The number of aryl methyl sites for hydroxylation is 1. The largest absolute Gasteiger partial charge is 0.379 e. The first-order valence-corrected chi connectivity index (χ1v) is 4.85. The van der Waals surface area contributed by atoms with E-state index in [2.05, 4.69) is 18.9 Å². The zero-order valence-corrected chi connectivity index (χ0v) is 9.16. The minimum atomic E-state index is -0.0885. The number of methoxy groups -OCH3 is 1. The summed E-state index contributed by atoms with van der Waals surface area (Å²) < 4.78 is 7.23. The average molecular weight is 197 g/mol. The van der Waals surface area contributed by atoms with Gasteiger partial charge in [0.05, 0.1) is 11.3 Å². The van der Waals surface area contributed by atoms with Crippen LogP contribution in [0.5, 0.6) is 0 Å². The molecule has 1 aromatic rings. The molecule has 0 aromatic carbocycles. The van der Waals surface area contributed by atoms with E-state index < -0.39 is 0 Å². The van der Waals surface area contributed by atoms with Gasteiger partial charge in [-0.25, -0.2) is 0 Å². The van der Waals surface area contributed by atoms with E-state index in [0.717, 1.165) is 18.7 Å². The number of nitrogens with two attached hydrogens (primary N) is 1. The van der Waals surface area contributed by atoms with Crippen LogP contribution in [-0.4, -0.2) is 22.5 Å². The van der Waals surface area contributed by atoms with E-state index in [1.54, 1.807) is 7.11 Å². The Morgan fingerprint density at radius 1 is 1.57 bits per heavy atom. The van der Waals surface area contributed by atoms with E-state index in [1.807, 2.05) is 16.9 Å². The van der Waals surface area contributed by atoms with E-state index in [4.69, 9.17) is 10.5 Å². The first-order chi connectivity index (χ1) is 6.57. The van der Waals surface area contributed by atoms with Crippen molar-refractivity contribution in [1.29, 1.82) is 0 Å². The van der Waals surface area contributed by atoms with Gasteiger partial charge in [-0.3, -0.25) is 4.68 Å². The van der Waals surface area contributed by atoms with E-state index in [1.165, 1.54) is 0 Å². The zero-order chi connectivity index (χ0) is 10.6. The molecular weight excluding hydrogens is 178 g/mol. The Balaban J connectivity index is 2.45.